The number of aromatic nitrogens is 2. The van der Waals surface area contributed by atoms with Crippen LogP contribution in [0.3, 0.4) is 0 Å². The third-order valence-corrected chi connectivity index (χ3v) is 3.98. The summed E-state index contributed by atoms with van der Waals surface area (Å²) in [5.41, 5.74) is 0.0698. The first-order valence-electron chi connectivity index (χ1n) is 6.76. The summed E-state index contributed by atoms with van der Waals surface area (Å²) < 4.78 is 7.44. The molecule has 0 saturated heterocycles. The van der Waals surface area contributed by atoms with Gasteiger partial charge in [-0.2, -0.15) is 5.10 Å². The van der Waals surface area contributed by atoms with E-state index in [2.05, 4.69) is 10.3 Å². The highest BCUT2D eigenvalue weighted by Crippen LogP contribution is 2.26. The third kappa shape index (κ3) is 3.28. The van der Waals surface area contributed by atoms with E-state index < -0.39 is 17.6 Å². The summed E-state index contributed by atoms with van der Waals surface area (Å²) in [4.78, 5) is 36.1. The standard InChI is InChI=1S/C13H17IN4O4/c1-7-5-18-8(9(10(14)15-18)11(19)16-21)6-17(7)12(20)22-13(2,3)4/h7H,5-6H2,1-4H3. The fraction of sp³-hybridized carbons (Fsp3) is 0.615. The molecule has 0 bridgehead atoms. The van der Waals surface area contributed by atoms with Crippen molar-refractivity contribution < 1.29 is 14.3 Å². The van der Waals surface area contributed by atoms with Crippen LogP contribution < -0.4 is 0 Å². The predicted octanol–water partition coefficient (Wildman–Crippen LogP) is 2.53. The topological polar surface area (TPSA) is 93.9 Å². The molecule has 1 aromatic heterocycles. The molecule has 1 aromatic rings. The molecule has 22 heavy (non-hydrogen) atoms. The number of hydrogen-bond acceptors (Lipinski definition) is 5. The van der Waals surface area contributed by atoms with E-state index in [1.807, 2.05) is 29.5 Å². The zero-order valence-electron chi connectivity index (χ0n) is 12.8. The van der Waals surface area contributed by atoms with Gasteiger partial charge in [0.15, 0.2) is 0 Å². The highest BCUT2D eigenvalue weighted by molar-refractivity contribution is 14.1. The SMILES string of the molecule is CC1Cn2nc(I)c(C(=O)N=O)c2CN1C(=O)OC(C)(C)C. The van der Waals surface area contributed by atoms with Gasteiger partial charge in [-0.25, -0.2) is 4.79 Å². The molecule has 1 aliphatic rings. The zero-order chi connectivity index (χ0) is 16.7. The minimum Gasteiger partial charge on any atom is -0.444 e. The van der Waals surface area contributed by atoms with Gasteiger partial charge in [0.25, 0.3) is 0 Å². The first-order chi connectivity index (χ1) is 10.1. The normalized spacial score (nSPS) is 17.9. The van der Waals surface area contributed by atoms with E-state index in [4.69, 9.17) is 4.74 Å². The fourth-order valence-electron chi connectivity index (χ4n) is 2.26. The molecule has 0 N–H and O–H groups in total. The van der Waals surface area contributed by atoms with Gasteiger partial charge in [0, 0.05) is 5.18 Å². The second kappa shape index (κ2) is 5.94. The Balaban J connectivity index is 2.33. The van der Waals surface area contributed by atoms with Gasteiger partial charge in [-0.05, 0) is 50.3 Å². The number of hydrogen-bond donors (Lipinski definition) is 0. The molecule has 1 aliphatic heterocycles. The van der Waals surface area contributed by atoms with Crippen LogP contribution in [-0.4, -0.2) is 38.3 Å². The maximum absolute atomic E-state index is 12.3. The summed E-state index contributed by atoms with van der Waals surface area (Å²) in [6, 6.07) is -0.134. The van der Waals surface area contributed by atoms with Gasteiger partial charge in [0.1, 0.15) is 14.9 Å². The summed E-state index contributed by atoms with van der Waals surface area (Å²) in [5.74, 6) is -0.871. The second-order valence-electron chi connectivity index (χ2n) is 6.15. The van der Waals surface area contributed by atoms with Crippen LogP contribution in [-0.2, 0) is 17.8 Å². The van der Waals surface area contributed by atoms with Crippen molar-refractivity contribution in [3.8, 4) is 0 Å². The highest BCUT2D eigenvalue weighted by Gasteiger charge is 2.35. The molecule has 0 radical (unpaired) electrons. The lowest BCUT2D eigenvalue weighted by Crippen LogP contribution is -2.47. The van der Waals surface area contributed by atoms with E-state index >= 15 is 0 Å². The van der Waals surface area contributed by atoms with Gasteiger partial charge in [0.05, 0.1) is 24.8 Å². The van der Waals surface area contributed by atoms with E-state index in [1.54, 1.807) is 25.5 Å². The first-order valence-corrected chi connectivity index (χ1v) is 7.84. The molecule has 0 saturated carbocycles. The Hall–Kier alpha value is -1.52. The fourth-order valence-corrected chi connectivity index (χ4v) is 3.07. The molecule has 0 fully saturated rings. The lowest BCUT2D eigenvalue weighted by atomic mass is 10.1. The zero-order valence-corrected chi connectivity index (χ0v) is 14.9. The molecule has 0 spiro atoms. The molecule has 9 heteroatoms. The number of halogens is 1. The van der Waals surface area contributed by atoms with E-state index in [1.165, 1.54) is 4.90 Å². The highest BCUT2D eigenvalue weighted by atomic mass is 127. The molecule has 120 valence electrons. The van der Waals surface area contributed by atoms with Crippen molar-refractivity contribution >= 4 is 34.6 Å². The van der Waals surface area contributed by atoms with Crippen LogP contribution in [0.1, 0.15) is 43.7 Å². The summed E-state index contributed by atoms with van der Waals surface area (Å²) in [6.45, 7) is 7.83. The van der Waals surface area contributed by atoms with Gasteiger partial charge in [-0.3, -0.25) is 14.4 Å². The van der Waals surface area contributed by atoms with Crippen LogP contribution in [0.5, 0.6) is 0 Å². The number of nitrogens with zero attached hydrogens (tertiary/aromatic N) is 4. The van der Waals surface area contributed by atoms with E-state index in [0.29, 0.717) is 15.9 Å². The van der Waals surface area contributed by atoms with E-state index in [-0.39, 0.29) is 18.2 Å². The molecule has 2 rings (SSSR count). The molecule has 1 atom stereocenters. The quantitative estimate of drug-likeness (QED) is 0.514. The van der Waals surface area contributed by atoms with Crippen LogP contribution >= 0.6 is 22.6 Å². The number of rotatable bonds is 1. The molecular weight excluding hydrogens is 403 g/mol. The Bertz CT molecular complexity index is 635. The number of amides is 2. The molecule has 2 amide bonds. The lowest BCUT2D eigenvalue weighted by molar-refractivity contribution is 0.00893. The minimum atomic E-state index is -0.871. The Labute approximate surface area is 141 Å². The van der Waals surface area contributed by atoms with Crippen molar-refractivity contribution in [3.05, 3.63) is 19.9 Å². The Morgan fingerprint density at radius 2 is 2.05 bits per heavy atom. The van der Waals surface area contributed by atoms with Crippen molar-refractivity contribution in [2.24, 2.45) is 5.18 Å². The summed E-state index contributed by atoms with van der Waals surface area (Å²) in [6.07, 6.45) is -0.458. The Morgan fingerprint density at radius 1 is 1.41 bits per heavy atom. The number of carbonyl (C=O) groups excluding carboxylic acids is 2. The number of nitroso groups, excluding NO2 is 1. The minimum absolute atomic E-state index is 0.134. The van der Waals surface area contributed by atoms with Gasteiger partial charge < -0.3 is 4.74 Å². The van der Waals surface area contributed by atoms with Gasteiger partial charge in [-0.15, -0.1) is 4.91 Å². The van der Waals surface area contributed by atoms with Crippen molar-refractivity contribution in [3.63, 3.8) is 0 Å². The molecule has 8 nitrogen and oxygen atoms in total. The first kappa shape index (κ1) is 16.8. The average Bonchev–Trinajstić information content (AvgIpc) is 2.69. The maximum Gasteiger partial charge on any atom is 0.410 e. The summed E-state index contributed by atoms with van der Waals surface area (Å²) in [5, 5.41) is 6.71. The van der Waals surface area contributed by atoms with E-state index in [0.717, 1.165) is 0 Å². The van der Waals surface area contributed by atoms with Gasteiger partial charge in [0.2, 0.25) is 0 Å². The van der Waals surface area contributed by atoms with Crippen molar-refractivity contribution in [1.82, 2.24) is 14.7 Å². The summed E-state index contributed by atoms with van der Waals surface area (Å²) >= 11 is 1.89. The Kier molecular flexibility index (Phi) is 4.54. The van der Waals surface area contributed by atoms with Crippen molar-refractivity contribution in [1.29, 1.82) is 0 Å². The molecule has 2 heterocycles. The van der Waals surface area contributed by atoms with E-state index in [9.17, 15) is 14.5 Å². The number of fused-ring (bicyclic) bond motifs is 1. The average molecular weight is 420 g/mol. The van der Waals surface area contributed by atoms with Crippen LogP contribution in [0.15, 0.2) is 5.18 Å². The second-order valence-corrected chi connectivity index (χ2v) is 7.17. The summed E-state index contributed by atoms with van der Waals surface area (Å²) in [7, 11) is 0. The molecule has 1 unspecified atom stereocenters. The smallest absolute Gasteiger partial charge is 0.410 e. The Morgan fingerprint density at radius 3 is 2.59 bits per heavy atom. The molecule has 0 aliphatic carbocycles. The third-order valence-electron chi connectivity index (χ3n) is 3.23. The number of carbonyl (C=O) groups is 2. The van der Waals surface area contributed by atoms with Crippen molar-refractivity contribution in [2.75, 3.05) is 0 Å². The molecular formula is C13H17IN4O4. The monoisotopic (exact) mass is 420 g/mol. The van der Waals surface area contributed by atoms with Crippen LogP contribution in [0, 0.1) is 8.61 Å². The van der Waals surface area contributed by atoms with Gasteiger partial charge in [-0.1, -0.05) is 0 Å². The number of ether oxygens (including phenoxy) is 1. The lowest BCUT2D eigenvalue weighted by Gasteiger charge is -2.35. The predicted molar refractivity (Wildman–Crippen MR) is 86.3 cm³/mol. The van der Waals surface area contributed by atoms with Crippen LogP contribution in [0.4, 0.5) is 4.79 Å². The molecule has 0 aromatic carbocycles. The maximum atomic E-state index is 12.3. The van der Waals surface area contributed by atoms with Crippen LogP contribution in [0.25, 0.3) is 0 Å². The van der Waals surface area contributed by atoms with Crippen molar-refractivity contribution in [2.45, 2.75) is 52.4 Å². The van der Waals surface area contributed by atoms with Crippen LogP contribution in [0.2, 0.25) is 0 Å². The van der Waals surface area contributed by atoms with Gasteiger partial charge >= 0.3 is 12.0 Å². The largest absolute Gasteiger partial charge is 0.444 e.